The van der Waals surface area contributed by atoms with Gasteiger partial charge < -0.3 is 10.6 Å². The van der Waals surface area contributed by atoms with Crippen LogP contribution in [0.4, 0.5) is 0 Å². The molecule has 1 heterocycles. The lowest BCUT2D eigenvalue weighted by atomic mass is 10.2. The molecular formula is C12H22N4S. The summed E-state index contributed by atoms with van der Waals surface area (Å²) >= 11 is 5.22. The molecule has 2 N–H and O–H groups in total. The van der Waals surface area contributed by atoms with Gasteiger partial charge in [0.1, 0.15) is 0 Å². The van der Waals surface area contributed by atoms with Crippen LogP contribution in [-0.2, 0) is 6.54 Å². The Bertz CT molecular complexity index is 348. The third-order valence-corrected chi connectivity index (χ3v) is 2.85. The Morgan fingerprint density at radius 1 is 1.53 bits per heavy atom. The van der Waals surface area contributed by atoms with Crippen molar-refractivity contribution in [2.75, 3.05) is 6.54 Å². The van der Waals surface area contributed by atoms with Crippen molar-refractivity contribution in [1.82, 2.24) is 20.4 Å². The average Bonchev–Trinajstić information content (AvgIpc) is 2.78. The minimum absolute atomic E-state index is 0.143. The minimum atomic E-state index is 0.143. The van der Waals surface area contributed by atoms with Gasteiger partial charge in [0.05, 0.1) is 11.7 Å². The van der Waals surface area contributed by atoms with Crippen LogP contribution in [0.3, 0.4) is 0 Å². The molecule has 1 atom stereocenters. The molecule has 1 aromatic heterocycles. The van der Waals surface area contributed by atoms with Gasteiger partial charge >= 0.3 is 0 Å². The van der Waals surface area contributed by atoms with Gasteiger partial charge in [0, 0.05) is 19.3 Å². The van der Waals surface area contributed by atoms with E-state index in [2.05, 4.69) is 36.5 Å². The van der Waals surface area contributed by atoms with Crippen molar-refractivity contribution in [3.63, 3.8) is 0 Å². The summed E-state index contributed by atoms with van der Waals surface area (Å²) in [4.78, 5) is 0. The molecule has 0 saturated heterocycles. The molecular weight excluding hydrogens is 232 g/mol. The van der Waals surface area contributed by atoms with Gasteiger partial charge in [-0.2, -0.15) is 5.10 Å². The molecule has 0 saturated carbocycles. The lowest BCUT2D eigenvalue weighted by Gasteiger charge is -2.15. The first kappa shape index (κ1) is 14.0. The van der Waals surface area contributed by atoms with E-state index in [1.807, 2.05) is 16.9 Å². The van der Waals surface area contributed by atoms with E-state index in [1.54, 1.807) is 0 Å². The molecule has 1 unspecified atom stereocenters. The first-order valence-electron chi connectivity index (χ1n) is 6.25. The first-order valence-corrected chi connectivity index (χ1v) is 6.65. The number of thiocarbonyl (C=S) groups is 1. The van der Waals surface area contributed by atoms with Crippen molar-refractivity contribution in [1.29, 1.82) is 0 Å². The molecule has 0 radical (unpaired) electrons. The third-order valence-electron chi connectivity index (χ3n) is 2.59. The lowest BCUT2D eigenvalue weighted by Crippen LogP contribution is -2.37. The van der Waals surface area contributed by atoms with Crippen LogP contribution < -0.4 is 10.6 Å². The maximum absolute atomic E-state index is 5.22. The number of hydrogen-bond donors (Lipinski definition) is 2. The van der Waals surface area contributed by atoms with Gasteiger partial charge in [0.2, 0.25) is 0 Å². The van der Waals surface area contributed by atoms with Crippen LogP contribution in [0.25, 0.3) is 0 Å². The van der Waals surface area contributed by atoms with E-state index < -0.39 is 0 Å². The molecule has 0 fully saturated rings. The number of nitrogens with zero attached hydrogens (tertiary/aromatic N) is 2. The highest BCUT2D eigenvalue weighted by molar-refractivity contribution is 7.80. The molecule has 4 nitrogen and oxygen atoms in total. The largest absolute Gasteiger partial charge is 0.363 e. The molecule has 1 rings (SSSR count). The van der Waals surface area contributed by atoms with E-state index in [-0.39, 0.29) is 6.04 Å². The number of unbranched alkanes of at least 4 members (excludes halogenated alkanes) is 1. The predicted octanol–water partition coefficient (Wildman–Crippen LogP) is 2.23. The van der Waals surface area contributed by atoms with Crippen LogP contribution in [-0.4, -0.2) is 21.4 Å². The van der Waals surface area contributed by atoms with Crippen LogP contribution >= 0.6 is 12.2 Å². The summed E-state index contributed by atoms with van der Waals surface area (Å²) < 4.78 is 1.92. The predicted molar refractivity (Wildman–Crippen MR) is 75.0 cm³/mol. The van der Waals surface area contributed by atoms with Crippen LogP contribution in [0.1, 0.15) is 45.3 Å². The summed E-state index contributed by atoms with van der Waals surface area (Å²) in [7, 11) is 0. The summed E-state index contributed by atoms with van der Waals surface area (Å²) in [5, 5.41) is 11.6. The summed E-state index contributed by atoms with van der Waals surface area (Å²) in [6, 6.07) is 2.17. The van der Waals surface area contributed by atoms with E-state index in [4.69, 9.17) is 12.2 Å². The summed E-state index contributed by atoms with van der Waals surface area (Å²) in [5.41, 5.74) is 1.02. The zero-order chi connectivity index (χ0) is 12.7. The Morgan fingerprint density at radius 3 is 2.88 bits per heavy atom. The zero-order valence-corrected chi connectivity index (χ0v) is 11.7. The Labute approximate surface area is 109 Å². The molecule has 0 spiro atoms. The molecule has 1 aromatic rings. The number of hydrogen-bond acceptors (Lipinski definition) is 2. The first-order chi connectivity index (χ1) is 8.17. The smallest absolute Gasteiger partial charge is 0.166 e. The van der Waals surface area contributed by atoms with Crippen LogP contribution in [0.2, 0.25) is 0 Å². The van der Waals surface area contributed by atoms with E-state index in [0.717, 1.165) is 25.2 Å². The average molecular weight is 254 g/mol. The number of aryl methyl sites for hydroxylation is 1. The van der Waals surface area contributed by atoms with Crippen molar-refractivity contribution in [2.45, 2.75) is 46.2 Å². The molecule has 0 aliphatic heterocycles. The molecule has 17 heavy (non-hydrogen) atoms. The normalized spacial score (nSPS) is 12.2. The van der Waals surface area contributed by atoms with Crippen molar-refractivity contribution < 1.29 is 0 Å². The van der Waals surface area contributed by atoms with Gasteiger partial charge in [-0.1, -0.05) is 13.3 Å². The van der Waals surface area contributed by atoms with Crippen molar-refractivity contribution in [3.8, 4) is 0 Å². The van der Waals surface area contributed by atoms with Gasteiger partial charge in [-0.3, -0.25) is 4.68 Å². The SMILES string of the molecule is CCCCNC(=S)NC(C)c1ccn(CC)n1. The fourth-order valence-corrected chi connectivity index (χ4v) is 1.76. The van der Waals surface area contributed by atoms with Gasteiger partial charge in [0.25, 0.3) is 0 Å². The van der Waals surface area contributed by atoms with Gasteiger partial charge in [0.15, 0.2) is 5.11 Å². The fourth-order valence-electron chi connectivity index (χ4n) is 1.48. The lowest BCUT2D eigenvalue weighted by molar-refractivity contribution is 0.607. The topological polar surface area (TPSA) is 41.9 Å². The molecule has 0 aliphatic carbocycles. The second kappa shape index (κ2) is 7.27. The Hall–Kier alpha value is -1.10. The molecule has 0 aromatic carbocycles. The Morgan fingerprint density at radius 2 is 2.29 bits per heavy atom. The van der Waals surface area contributed by atoms with Crippen molar-refractivity contribution in [2.24, 2.45) is 0 Å². The highest BCUT2D eigenvalue weighted by Gasteiger charge is 2.09. The molecule has 0 bridgehead atoms. The number of rotatable bonds is 6. The van der Waals surface area contributed by atoms with Gasteiger partial charge in [-0.05, 0) is 38.6 Å². The second-order valence-electron chi connectivity index (χ2n) is 4.07. The fraction of sp³-hybridized carbons (Fsp3) is 0.667. The highest BCUT2D eigenvalue weighted by Crippen LogP contribution is 2.08. The number of aromatic nitrogens is 2. The molecule has 0 aliphatic rings. The van der Waals surface area contributed by atoms with Crippen molar-refractivity contribution in [3.05, 3.63) is 18.0 Å². The van der Waals surface area contributed by atoms with E-state index >= 15 is 0 Å². The van der Waals surface area contributed by atoms with Crippen LogP contribution in [0.15, 0.2) is 12.3 Å². The Balaban J connectivity index is 2.37. The van der Waals surface area contributed by atoms with Crippen molar-refractivity contribution >= 4 is 17.3 Å². The minimum Gasteiger partial charge on any atom is -0.363 e. The number of nitrogens with one attached hydrogen (secondary N) is 2. The maximum atomic E-state index is 5.22. The monoisotopic (exact) mass is 254 g/mol. The van der Waals surface area contributed by atoms with E-state index in [9.17, 15) is 0 Å². The quantitative estimate of drug-likeness (QED) is 0.603. The van der Waals surface area contributed by atoms with Crippen LogP contribution in [0, 0.1) is 0 Å². The van der Waals surface area contributed by atoms with Crippen LogP contribution in [0.5, 0.6) is 0 Å². The standard InChI is InChI=1S/C12H22N4S/c1-4-6-8-13-12(17)14-10(3)11-7-9-16(5-2)15-11/h7,9-10H,4-6,8H2,1-3H3,(H2,13,14,17). The molecule has 96 valence electrons. The zero-order valence-electron chi connectivity index (χ0n) is 10.9. The third kappa shape index (κ3) is 4.73. The van der Waals surface area contributed by atoms with Gasteiger partial charge in [-0.25, -0.2) is 0 Å². The molecule has 0 amide bonds. The maximum Gasteiger partial charge on any atom is 0.166 e. The van der Waals surface area contributed by atoms with E-state index in [0.29, 0.717) is 5.11 Å². The van der Waals surface area contributed by atoms with Gasteiger partial charge in [-0.15, -0.1) is 0 Å². The second-order valence-corrected chi connectivity index (χ2v) is 4.48. The Kier molecular flexibility index (Phi) is 5.97. The summed E-state index contributed by atoms with van der Waals surface area (Å²) in [6.07, 6.45) is 4.30. The highest BCUT2D eigenvalue weighted by atomic mass is 32.1. The van der Waals surface area contributed by atoms with E-state index in [1.165, 1.54) is 6.42 Å². The summed E-state index contributed by atoms with van der Waals surface area (Å²) in [6.45, 7) is 8.13. The summed E-state index contributed by atoms with van der Waals surface area (Å²) in [5.74, 6) is 0. The molecule has 5 heteroatoms.